The first kappa shape index (κ1) is 39.3. The molecule has 0 N–H and O–H groups in total. The maximum atomic E-state index is 6.86. The van der Waals surface area contributed by atoms with Crippen LogP contribution in [0.3, 0.4) is 0 Å². The average Bonchev–Trinajstić information content (AvgIpc) is 3.89. The smallest absolute Gasteiger partial charge is 0.159 e. The monoisotopic (exact) mass is 830 g/mol. The van der Waals surface area contributed by atoms with Gasteiger partial charge < -0.3 is 18.6 Å². The molecule has 0 atom stereocenters. The standard InChI is InChI=1S/C60H50N2O2/c1-8-10-18-39(9-2)61(51-24-17-23-46-42-28-27-38(7)33-56(42)64-60(46)51)53-34-49(36(3)4)43-30-32-48-54(35-50(37(5)6)44-29-31-47(53)57(43)58(44)48)62(40-19-12-11-13-20-40)52-25-16-22-45-41-21-14-15-26-55(41)63-59(45)52/h8-37H,1H2,2-7H3/b18-10-,39-9+. The zero-order chi connectivity index (χ0) is 43.8. The number of benzene rings is 9. The molecule has 0 saturated carbocycles. The fourth-order valence-corrected chi connectivity index (χ4v) is 10.2. The van der Waals surface area contributed by atoms with Gasteiger partial charge in [-0.05, 0) is 119 Å². The molecular formula is C60H50N2O2. The number of aryl methyl sites for hydroxylation is 1. The van der Waals surface area contributed by atoms with E-state index in [2.05, 4.69) is 210 Å². The Morgan fingerprint density at radius 3 is 1.73 bits per heavy atom. The van der Waals surface area contributed by atoms with Gasteiger partial charge >= 0.3 is 0 Å². The van der Waals surface area contributed by atoms with Crippen LogP contribution < -0.4 is 9.80 Å². The van der Waals surface area contributed by atoms with E-state index in [9.17, 15) is 0 Å². The van der Waals surface area contributed by atoms with Gasteiger partial charge in [0.15, 0.2) is 11.2 Å². The molecule has 0 radical (unpaired) electrons. The Balaban J connectivity index is 1.27. The van der Waals surface area contributed by atoms with Crippen LogP contribution in [0.4, 0.5) is 28.4 Å². The van der Waals surface area contributed by atoms with Crippen molar-refractivity contribution in [2.45, 2.75) is 53.4 Å². The second-order valence-electron chi connectivity index (χ2n) is 17.7. The first-order valence-corrected chi connectivity index (χ1v) is 22.5. The number of anilines is 5. The van der Waals surface area contributed by atoms with Crippen molar-refractivity contribution in [2.75, 3.05) is 9.80 Å². The van der Waals surface area contributed by atoms with Gasteiger partial charge in [-0.2, -0.15) is 0 Å². The maximum absolute atomic E-state index is 6.86. The van der Waals surface area contributed by atoms with E-state index in [0.717, 1.165) is 78.0 Å². The largest absolute Gasteiger partial charge is 0.454 e. The third kappa shape index (κ3) is 6.04. The summed E-state index contributed by atoms with van der Waals surface area (Å²) in [6, 6.07) is 53.0. The van der Waals surface area contributed by atoms with E-state index in [1.54, 1.807) is 0 Å². The van der Waals surface area contributed by atoms with E-state index < -0.39 is 0 Å². The highest BCUT2D eigenvalue weighted by Gasteiger charge is 2.28. The molecule has 312 valence electrons. The van der Waals surface area contributed by atoms with Gasteiger partial charge in [-0.15, -0.1) is 0 Å². The Bertz CT molecular complexity index is 3670. The average molecular weight is 831 g/mol. The fourth-order valence-electron chi connectivity index (χ4n) is 10.2. The minimum absolute atomic E-state index is 0.239. The molecule has 64 heavy (non-hydrogen) atoms. The lowest BCUT2D eigenvalue weighted by atomic mass is 9.84. The number of hydrogen-bond acceptors (Lipinski definition) is 4. The Labute approximate surface area is 374 Å². The van der Waals surface area contributed by atoms with Gasteiger partial charge in [-0.3, -0.25) is 0 Å². The van der Waals surface area contributed by atoms with Crippen molar-refractivity contribution in [3.05, 3.63) is 199 Å². The first-order chi connectivity index (χ1) is 31.2. The summed E-state index contributed by atoms with van der Waals surface area (Å²) in [6.07, 6.45) is 8.20. The van der Waals surface area contributed by atoms with E-state index in [0.29, 0.717) is 0 Å². The van der Waals surface area contributed by atoms with E-state index in [-0.39, 0.29) is 11.8 Å². The highest BCUT2D eigenvalue weighted by molar-refractivity contribution is 6.30. The fraction of sp³-hybridized carbons (Fsp3) is 0.133. The summed E-state index contributed by atoms with van der Waals surface area (Å²) in [5.74, 6) is 0.486. The van der Waals surface area contributed by atoms with E-state index in [1.165, 1.54) is 49.0 Å². The van der Waals surface area contributed by atoms with Gasteiger partial charge in [0.25, 0.3) is 0 Å². The van der Waals surface area contributed by atoms with E-state index in [4.69, 9.17) is 8.83 Å². The summed E-state index contributed by atoms with van der Waals surface area (Å²) in [5.41, 5.74) is 13.5. The predicted octanol–water partition coefficient (Wildman–Crippen LogP) is 18.2. The van der Waals surface area contributed by atoms with Gasteiger partial charge in [0, 0.05) is 43.7 Å². The summed E-state index contributed by atoms with van der Waals surface area (Å²) in [6.45, 7) is 17.5. The van der Waals surface area contributed by atoms with Crippen molar-refractivity contribution in [3.63, 3.8) is 0 Å². The summed E-state index contributed by atoms with van der Waals surface area (Å²) in [7, 11) is 0. The van der Waals surface area contributed by atoms with E-state index >= 15 is 0 Å². The van der Waals surface area contributed by atoms with Crippen molar-refractivity contribution in [2.24, 2.45) is 0 Å². The zero-order valence-corrected chi connectivity index (χ0v) is 37.2. The number of allylic oxidation sites excluding steroid dienone is 4. The normalized spacial score (nSPS) is 12.6. The molecule has 0 aliphatic carbocycles. The molecule has 2 aromatic heterocycles. The maximum Gasteiger partial charge on any atom is 0.159 e. The molecule has 4 nitrogen and oxygen atoms in total. The van der Waals surface area contributed by atoms with Crippen LogP contribution in [0.1, 0.15) is 63.1 Å². The summed E-state index contributed by atoms with van der Waals surface area (Å²) in [4.78, 5) is 4.82. The number of hydrogen-bond donors (Lipinski definition) is 0. The summed E-state index contributed by atoms with van der Waals surface area (Å²) in [5, 5.41) is 11.8. The molecule has 0 saturated heterocycles. The van der Waals surface area contributed by atoms with Gasteiger partial charge in [-0.25, -0.2) is 0 Å². The van der Waals surface area contributed by atoms with Crippen LogP contribution in [0.5, 0.6) is 0 Å². The molecule has 2 heterocycles. The van der Waals surface area contributed by atoms with Crippen LogP contribution in [0.25, 0.3) is 76.2 Å². The third-order valence-electron chi connectivity index (χ3n) is 13.1. The number of fused-ring (bicyclic) bond motifs is 6. The second kappa shape index (κ2) is 15.4. The Hall–Kier alpha value is -7.56. The highest BCUT2D eigenvalue weighted by Crippen LogP contribution is 2.52. The quantitative estimate of drug-likeness (QED) is 0.102. The molecule has 4 heteroatoms. The molecule has 0 aliphatic rings. The van der Waals surface area contributed by atoms with Crippen LogP contribution in [0, 0.1) is 6.92 Å². The van der Waals surface area contributed by atoms with Crippen molar-refractivity contribution >= 4 is 105 Å². The Kier molecular flexibility index (Phi) is 9.43. The van der Waals surface area contributed by atoms with Crippen LogP contribution in [0.2, 0.25) is 0 Å². The second-order valence-corrected chi connectivity index (χ2v) is 17.7. The van der Waals surface area contributed by atoms with E-state index in [1.807, 2.05) is 18.2 Å². The minimum atomic E-state index is 0.239. The highest BCUT2D eigenvalue weighted by atomic mass is 16.3. The van der Waals surface area contributed by atoms with Gasteiger partial charge in [0.1, 0.15) is 11.2 Å². The predicted molar refractivity (Wildman–Crippen MR) is 274 cm³/mol. The molecule has 0 bridgehead atoms. The molecule has 9 aromatic carbocycles. The minimum Gasteiger partial charge on any atom is -0.454 e. The molecule has 0 unspecified atom stereocenters. The molecule has 0 spiro atoms. The zero-order valence-electron chi connectivity index (χ0n) is 37.2. The van der Waals surface area contributed by atoms with Gasteiger partial charge in [-0.1, -0.05) is 150 Å². The van der Waals surface area contributed by atoms with Crippen LogP contribution in [-0.4, -0.2) is 0 Å². The molecule has 0 fully saturated rings. The summed E-state index contributed by atoms with van der Waals surface area (Å²) < 4.78 is 13.6. The third-order valence-corrected chi connectivity index (χ3v) is 13.1. The first-order valence-electron chi connectivity index (χ1n) is 22.5. The van der Waals surface area contributed by atoms with Crippen molar-refractivity contribution in [3.8, 4) is 0 Å². The topological polar surface area (TPSA) is 32.8 Å². The summed E-state index contributed by atoms with van der Waals surface area (Å²) >= 11 is 0. The van der Waals surface area contributed by atoms with Gasteiger partial charge in [0.2, 0.25) is 0 Å². The number of furan rings is 2. The Morgan fingerprint density at radius 2 is 1.06 bits per heavy atom. The van der Waals surface area contributed by atoms with Crippen molar-refractivity contribution in [1.82, 2.24) is 0 Å². The number of nitrogens with zero attached hydrogens (tertiary/aromatic N) is 2. The molecule has 0 amide bonds. The van der Waals surface area contributed by atoms with Crippen LogP contribution in [-0.2, 0) is 0 Å². The molecule has 11 rings (SSSR count). The SMILES string of the molecule is C=C/C=C\C(=C/C)N(c1cc(C(C)C)c2ccc3c(N(c4ccccc4)c4cccc5c4oc4ccccc45)cc(C(C)C)c4ccc1c2c43)c1cccc2c1oc1cc(C)ccc12. The molecule has 0 aliphatic heterocycles. The molecule has 11 aromatic rings. The lowest BCUT2D eigenvalue weighted by molar-refractivity contribution is 0.668. The van der Waals surface area contributed by atoms with Crippen molar-refractivity contribution < 1.29 is 8.83 Å². The van der Waals surface area contributed by atoms with Crippen LogP contribution in [0.15, 0.2) is 191 Å². The van der Waals surface area contributed by atoms with Crippen LogP contribution >= 0.6 is 0 Å². The Morgan fingerprint density at radius 1 is 0.516 bits per heavy atom. The van der Waals surface area contributed by atoms with Crippen molar-refractivity contribution in [1.29, 1.82) is 0 Å². The number of rotatable bonds is 10. The lowest BCUT2D eigenvalue weighted by Crippen LogP contribution is -2.17. The number of para-hydroxylation sites is 4. The lowest BCUT2D eigenvalue weighted by Gasteiger charge is -2.31. The van der Waals surface area contributed by atoms with Gasteiger partial charge in [0.05, 0.1) is 22.7 Å². The molecular weight excluding hydrogens is 781 g/mol.